The lowest BCUT2D eigenvalue weighted by molar-refractivity contribution is -0.139. The maximum absolute atomic E-state index is 12.5. The monoisotopic (exact) mass is 465 g/mol. The van der Waals surface area contributed by atoms with Gasteiger partial charge in [0, 0.05) is 5.02 Å². The van der Waals surface area contributed by atoms with Crippen LogP contribution in [0.15, 0.2) is 47.6 Å². The molecule has 0 saturated heterocycles. The fraction of sp³-hybridized carbons (Fsp3) is 0.238. The van der Waals surface area contributed by atoms with Crippen molar-refractivity contribution in [3.8, 4) is 5.75 Å². The van der Waals surface area contributed by atoms with E-state index >= 15 is 0 Å². The van der Waals surface area contributed by atoms with E-state index in [1.165, 1.54) is 24.4 Å². The van der Waals surface area contributed by atoms with Crippen LogP contribution < -0.4 is 15.5 Å². The number of carboxylic acids is 1. The summed E-state index contributed by atoms with van der Waals surface area (Å²) in [5.41, 5.74) is 3.26. The van der Waals surface area contributed by atoms with Gasteiger partial charge in [-0.25, -0.2) is 10.2 Å². The van der Waals surface area contributed by atoms with E-state index in [4.69, 9.17) is 33.0 Å². The zero-order chi connectivity index (χ0) is 23.0. The highest BCUT2D eigenvalue weighted by Crippen LogP contribution is 2.21. The minimum absolute atomic E-state index is 0.182. The van der Waals surface area contributed by atoms with Crippen LogP contribution in [0, 0.1) is 5.92 Å². The minimum Gasteiger partial charge on any atom is -0.482 e. The minimum atomic E-state index is -1.07. The summed E-state index contributed by atoms with van der Waals surface area (Å²) >= 11 is 11.9. The molecule has 0 heterocycles. The van der Waals surface area contributed by atoms with Gasteiger partial charge in [0.2, 0.25) is 0 Å². The van der Waals surface area contributed by atoms with E-state index in [1.54, 1.807) is 38.1 Å². The van der Waals surface area contributed by atoms with Crippen LogP contribution in [-0.2, 0) is 9.59 Å². The summed E-state index contributed by atoms with van der Waals surface area (Å²) in [5.74, 6) is -1.89. The average Bonchev–Trinajstić information content (AvgIpc) is 2.70. The van der Waals surface area contributed by atoms with Crippen molar-refractivity contribution in [2.45, 2.75) is 19.9 Å². The van der Waals surface area contributed by atoms with Crippen LogP contribution in [0.25, 0.3) is 0 Å². The summed E-state index contributed by atoms with van der Waals surface area (Å²) < 4.78 is 5.04. The van der Waals surface area contributed by atoms with Gasteiger partial charge in [-0.2, -0.15) is 5.10 Å². The number of hydrazone groups is 1. The topological polar surface area (TPSA) is 117 Å². The number of ether oxygens (including phenoxy) is 1. The number of aliphatic carboxylic acids is 1. The van der Waals surface area contributed by atoms with Gasteiger partial charge < -0.3 is 15.2 Å². The summed E-state index contributed by atoms with van der Waals surface area (Å²) in [6, 6.07) is 10.1. The molecule has 2 aromatic rings. The highest BCUT2D eigenvalue weighted by molar-refractivity contribution is 6.36. The second-order valence-electron chi connectivity index (χ2n) is 6.81. The van der Waals surface area contributed by atoms with Crippen LogP contribution in [0.4, 0.5) is 0 Å². The normalized spacial score (nSPS) is 11.9. The number of benzene rings is 2. The van der Waals surface area contributed by atoms with Crippen molar-refractivity contribution in [2.75, 3.05) is 6.61 Å². The Labute approximate surface area is 189 Å². The number of nitrogens with zero attached hydrogens (tertiary/aromatic N) is 1. The predicted molar refractivity (Wildman–Crippen MR) is 118 cm³/mol. The Morgan fingerprint density at radius 1 is 1.13 bits per heavy atom. The van der Waals surface area contributed by atoms with E-state index in [9.17, 15) is 14.4 Å². The number of carbonyl (C=O) groups excluding carboxylic acids is 2. The van der Waals surface area contributed by atoms with Crippen molar-refractivity contribution >= 4 is 47.2 Å². The number of carboxylic acid groups (broad SMARTS) is 1. The first-order chi connectivity index (χ1) is 14.7. The van der Waals surface area contributed by atoms with Crippen LogP contribution in [0.5, 0.6) is 5.75 Å². The molecule has 2 rings (SSSR count). The van der Waals surface area contributed by atoms with Gasteiger partial charge in [-0.15, -0.1) is 0 Å². The molecule has 0 aliphatic carbocycles. The second kappa shape index (κ2) is 11.3. The second-order valence-corrected chi connectivity index (χ2v) is 7.65. The number of rotatable bonds is 9. The molecule has 1 unspecified atom stereocenters. The molecule has 0 aliphatic heterocycles. The molecule has 0 radical (unpaired) electrons. The molecule has 0 spiro atoms. The maximum Gasteiger partial charge on any atom is 0.341 e. The Kier molecular flexibility index (Phi) is 8.84. The molecule has 0 fully saturated rings. The van der Waals surface area contributed by atoms with Gasteiger partial charge in [0.05, 0.1) is 16.8 Å². The van der Waals surface area contributed by atoms with Crippen molar-refractivity contribution in [1.82, 2.24) is 10.7 Å². The van der Waals surface area contributed by atoms with Crippen LogP contribution >= 0.6 is 23.2 Å². The van der Waals surface area contributed by atoms with E-state index in [1.807, 2.05) is 0 Å². The van der Waals surface area contributed by atoms with Gasteiger partial charge in [-0.05, 0) is 53.9 Å². The molecule has 0 aliphatic rings. The van der Waals surface area contributed by atoms with E-state index in [0.29, 0.717) is 16.3 Å². The van der Waals surface area contributed by atoms with E-state index < -0.39 is 30.4 Å². The van der Waals surface area contributed by atoms with Crippen LogP contribution in [0.3, 0.4) is 0 Å². The number of hydrogen-bond acceptors (Lipinski definition) is 5. The molecule has 2 aromatic carbocycles. The Bertz CT molecular complexity index is 977. The molecule has 0 saturated carbocycles. The van der Waals surface area contributed by atoms with Crippen LogP contribution in [0.1, 0.15) is 29.8 Å². The van der Waals surface area contributed by atoms with Crippen LogP contribution in [0.2, 0.25) is 10.0 Å². The molecule has 2 amide bonds. The quantitative estimate of drug-likeness (QED) is 0.387. The largest absolute Gasteiger partial charge is 0.482 e. The zero-order valence-corrected chi connectivity index (χ0v) is 18.3. The molecule has 31 heavy (non-hydrogen) atoms. The lowest BCUT2D eigenvalue weighted by Gasteiger charge is -2.20. The fourth-order valence-electron chi connectivity index (χ4n) is 2.46. The SMILES string of the molecule is CC(C)C(NC(=O)c1ccc(Cl)cc1Cl)C(=O)N/N=C/c1ccc(OCC(=O)O)cc1. The summed E-state index contributed by atoms with van der Waals surface area (Å²) in [7, 11) is 0. The van der Waals surface area contributed by atoms with Crippen molar-refractivity contribution in [1.29, 1.82) is 0 Å². The van der Waals surface area contributed by atoms with Gasteiger partial charge in [-0.3, -0.25) is 9.59 Å². The zero-order valence-electron chi connectivity index (χ0n) is 16.8. The third-order valence-electron chi connectivity index (χ3n) is 4.04. The Balaban J connectivity index is 1.97. The number of carbonyl (C=O) groups is 3. The summed E-state index contributed by atoms with van der Waals surface area (Å²) in [5, 5.41) is 15.7. The molecular formula is C21H21Cl2N3O5. The van der Waals surface area contributed by atoms with E-state index in [-0.39, 0.29) is 16.5 Å². The van der Waals surface area contributed by atoms with E-state index in [0.717, 1.165) is 0 Å². The lowest BCUT2D eigenvalue weighted by Crippen LogP contribution is -2.48. The molecule has 8 nitrogen and oxygen atoms in total. The molecule has 1 atom stereocenters. The van der Waals surface area contributed by atoms with Gasteiger partial charge >= 0.3 is 5.97 Å². The standard InChI is InChI=1S/C21H21Cl2N3O5/c1-12(2)19(25-20(29)16-8-5-14(22)9-17(16)23)21(30)26-24-10-13-3-6-15(7-4-13)31-11-18(27)28/h3-10,12,19H,11H2,1-2H3,(H,25,29)(H,26,30)(H,27,28)/b24-10+. The first kappa shape index (κ1) is 24.2. The number of hydrogen-bond donors (Lipinski definition) is 3. The molecule has 0 bridgehead atoms. The van der Waals surface area contributed by atoms with Crippen molar-refractivity contribution in [2.24, 2.45) is 11.0 Å². The number of amides is 2. The summed E-state index contributed by atoms with van der Waals surface area (Å²) in [6.07, 6.45) is 1.41. The average molecular weight is 466 g/mol. The fourth-order valence-corrected chi connectivity index (χ4v) is 2.96. The first-order valence-corrected chi connectivity index (χ1v) is 9.96. The molecular weight excluding hydrogens is 445 g/mol. The maximum atomic E-state index is 12.5. The van der Waals surface area contributed by atoms with Crippen molar-refractivity contribution in [3.05, 3.63) is 63.6 Å². The summed E-state index contributed by atoms with van der Waals surface area (Å²) in [6.45, 7) is 3.13. The highest BCUT2D eigenvalue weighted by Gasteiger charge is 2.25. The van der Waals surface area contributed by atoms with Crippen molar-refractivity contribution < 1.29 is 24.2 Å². The highest BCUT2D eigenvalue weighted by atomic mass is 35.5. The van der Waals surface area contributed by atoms with Crippen molar-refractivity contribution in [3.63, 3.8) is 0 Å². The number of nitrogens with one attached hydrogen (secondary N) is 2. The van der Waals surface area contributed by atoms with E-state index in [2.05, 4.69) is 15.8 Å². The third kappa shape index (κ3) is 7.58. The van der Waals surface area contributed by atoms with Gasteiger partial charge in [0.1, 0.15) is 11.8 Å². The van der Waals surface area contributed by atoms with Gasteiger partial charge in [0.25, 0.3) is 11.8 Å². The van der Waals surface area contributed by atoms with Gasteiger partial charge in [-0.1, -0.05) is 37.0 Å². The Morgan fingerprint density at radius 3 is 2.39 bits per heavy atom. The molecule has 3 N–H and O–H groups in total. The lowest BCUT2D eigenvalue weighted by atomic mass is 10.0. The first-order valence-electron chi connectivity index (χ1n) is 9.21. The molecule has 0 aromatic heterocycles. The van der Waals surface area contributed by atoms with Crippen LogP contribution in [-0.4, -0.2) is 41.8 Å². The Hall–Kier alpha value is -3.10. The summed E-state index contributed by atoms with van der Waals surface area (Å²) in [4.78, 5) is 35.5. The molecule has 164 valence electrons. The molecule has 10 heteroatoms. The third-order valence-corrected chi connectivity index (χ3v) is 4.59. The number of halogens is 2. The van der Waals surface area contributed by atoms with Gasteiger partial charge in [0.15, 0.2) is 6.61 Å². The predicted octanol–water partition coefficient (Wildman–Crippen LogP) is 3.36. The Morgan fingerprint density at radius 2 is 1.81 bits per heavy atom. The smallest absolute Gasteiger partial charge is 0.341 e.